The highest BCUT2D eigenvalue weighted by Crippen LogP contribution is 2.22. The highest BCUT2D eigenvalue weighted by molar-refractivity contribution is 6.30. The van der Waals surface area contributed by atoms with Crippen molar-refractivity contribution in [1.29, 1.82) is 0 Å². The van der Waals surface area contributed by atoms with Gasteiger partial charge in [-0.15, -0.1) is 0 Å². The Morgan fingerprint density at radius 3 is 2.81 bits per heavy atom. The van der Waals surface area contributed by atoms with Crippen LogP contribution in [0.5, 0.6) is 11.6 Å². The van der Waals surface area contributed by atoms with E-state index >= 15 is 0 Å². The van der Waals surface area contributed by atoms with Crippen molar-refractivity contribution >= 4 is 29.3 Å². The van der Waals surface area contributed by atoms with Crippen molar-refractivity contribution in [3.05, 3.63) is 62.5 Å². The number of benzene rings is 1. The second-order valence-corrected chi connectivity index (χ2v) is 7.69. The number of nitrogens with one attached hydrogen (secondary N) is 3. The van der Waals surface area contributed by atoms with Crippen LogP contribution in [0.1, 0.15) is 18.5 Å². The van der Waals surface area contributed by atoms with Crippen molar-refractivity contribution in [3.8, 4) is 11.6 Å². The number of hydrogen-bond donors (Lipinski definition) is 4. The Morgan fingerprint density at radius 1 is 1.28 bits per heavy atom. The summed E-state index contributed by atoms with van der Waals surface area (Å²) in [7, 11) is 0. The van der Waals surface area contributed by atoms with E-state index in [1.807, 2.05) is 0 Å². The maximum absolute atomic E-state index is 11.4. The molecular weight excluding hydrogens is 436 g/mol. The molecular formula is C20H19ClN8O3. The molecule has 32 heavy (non-hydrogen) atoms. The van der Waals surface area contributed by atoms with Gasteiger partial charge in [0.1, 0.15) is 18.1 Å². The van der Waals surface area contributed by atoms with Gasteiger partial charge in [0, 0.05) is 10.2 Å². The Balaban J connectivity index is 1.43. The van der Waals surface area contributed by atoms with Crippen molar-refractivity contribution in [2.45, 2.75) is 18.9 Å². The summed E-state index contributed by atoms with van der Waals surface area (Å²) in [6.45, 7) is 0.850. The molecule has 0 radical (unpaired) electrons. The van der Waals surface area contributed by atoms with Crippen LogP contribution in [0.4, 0.5) is 5.95 Å². The third kappa shape index (κ3) is 4.42. The van der Waals surface area contributed by atoms with Crippen molar-refractivity contribution < 1.29 is 9.84 Å². The van der Waals surface area contributed by atoms with Crippen LogP contribution in [0, 0.1) is 0 Å². The monoisotopic (exact) mass is 454 g/mol. The van der Waals surface area contributed by atoms with Gasteiger partial charge in [-0.2, -0.15) is 19.6 Å². The van der Waals surface area contributed by atoms with E-state index in [0.29, 0.717) is 46.4 Å². The molecule has 1 fully saturated rings. The molecule has 1 saturated carbocycles. The molecule has 1 aliphatic carbocycles. The number of fused-ring (bicyclic) bond motifs is 1. The number of hydrogen-bond acceptors (Lipinski definition) is 8. The predicted molar refractivity (Wildman–Crippen MR) is 117 cm³/mol. The SMILES string of the molecule is O=c1[nH]c(O)c(/C=c2\cnn3c(=NC4CC4)nc(NCCOc4ccc(Cl)cc4)nc23)[nH]1. The number of aromatic amines is 2. The van der Waals surface area contributed by atoms with Gasteiger partial charge >= 0.3 is 5.69 Å². The van der Waals surface area contributed by atoms with E-state index in [1.165, 1.54) is 0 Å². The molecule has 11 nitrogen and oxygen atoms in total. The number of aromatic hydroxyl groups is 1. The van der Waals surface area contributed by atoms with Crippen molar-refractivity contribution in [2.24, 2.45) is 4.99 Å². The molecule has 4 aromatic rings. The number of imidazole rings is 1. The van der Waals surface area contributed by atoms with Gasteiger partial charge in [-0.3, -0.25) is 4.98 Å². The molecule has 0 amide bonds. The number of nitrogens with zero attached hydrogens (tertiary/aromatic N) is 5. The first-order valence-corrected chi connectivity index (χ1v) is 10.4. The highest BCUT2D eigenvalue weighted by atomic mass is 35.5. The van der Waals surface area contributed by atoms with Crippen molar-refractivity contribution in [2.75, 3.05) is 18.5 Å². The molecule has 3 heterocycles. The fourth-order valence-corrected chi connectivity index (χ4v) is 3.15. The standard InChI is InChI=1S/C20H19ClN8O3/c21-12-1-5-14(6-2-12)32-8-7-22-18-26-16-11(9-15-17(30)27-20(31)25-15)10-23-29(16)19(28-18)24-13-3-4-13/h1-2,5-6,9-10,13,30H,3-4,7-8H2,(H,22,24,28)(H2,25,27,31)/b11-9+. The number of halogens is 1. The minimum atomic E-state index is -0.507. The largest absolute Gasteiger partial charge is 0.493 e. The van der Waals surface area contributed by atoms with Gasteiger partial charge < -0.3 is 20.1 Å². The lowest BCUT2D eigenvalue weighted by Gasteiger charge is -2.08. The third-order valence-electron chi connectivity index (χ3n) is 4.73. The lowest BCUT2D eigenvalue weighted by molar-refractivity contribution is 0.332. The van der Waals surface area contributed by atoms with Crippen LogP contribution in [0.3, 0.4) is 0 Å². The molecule has 0 saturated heterocycles. The van der Waals surface area contributed by atoms with E-state index < -0.39 is 5.69 Å². The molecule has 1 aromatic carbocycles. The number of rotatable bonds is 7. The molecule has 4 N–H and O–H groups in total. The fourth-order valence-electron chi connectivity index (χ4n) is 3.02. The molecule has 5 rings (SSSR count). The zero-order chi connectivity index (χ0) is 22.1. The molecule has 12 heteroatoms. The normalized spacial score (nSPS) is 14.9. The Morgan fingerprint density at radius 2 is 2.09 bits per heavy atom. The summed E-state index contributed by atoms with van der Waals surface area (Å²) in [5.41, 5.74) is 0.648. The summed E-state index contributed by atoms with van der Waals surface area (Å²) in [5.74, 6) is 0.826. The van der Waals surface area contributed by atoms with Crippen molar-refractivity contribution in [3.63, 3.8) is 0 Å². The van der Waals surface area contributed by atoms with Crippen LogP contribution in [0.2, 0.25) is 5.02 Å². The van der Waals surface area contributed by atoms with Gasteiger partial charge in [-0.25, -0.2) is 9.79 Å². The summed E-state index contributed by atoms with van der Waals surface area (Å²) >= 11 is 5.88. The number of H-pyrrole nitrogens is 2. The van der Waals surface area contributed by atoms with Crippen LogP contribution < -0.4 is 26.6 Å². The smallest absolute Gasteiger partial charge is 0.326 e. The quantitative estimate of drug-likeness (QED) is 0.299. The van der Waals surface area contributed by atoms with Crippen LogP contribution in [-0.4, -0.2) is 53.9 Å². The average molecular weight is 455 g/mol. The van der Waals surface area contributed by atoms with Gasteiger partial charge in [0.2, 0.25) is 11.8 Å². The van der Waals surface area contributed by atoms with Gasteiger partial charge in [0.25, 0.3) is 5.62 Å². The van der Waals surface area contributed by atoms with E-state index in [9.17, 15) is 9.90 Å². The molecule has 164 valence electrons. The molecule has 1 aliphatic rings. The predicted octanol–water partition coefficient (Wildman–Crippen LogP) is 0.601. The number of anilines is 1. The Hall–Kier alpha value is -3.86. The third-order valence-corrected chi connectivity index (χ3v) is 4.98. The summed E-state index contributed by atoms with van der Waals surface area (Å²) in [5, 5.41) is 18.6. The van der Waals surface area contributed by atoms with Gasteiger partial charge in [-0.1, -0.05) is 11.6 Å². The van der Waals surface area contributed by atoms with Gasteiger partial charge in [-0.05, 0) is 43.2 Å². The van der Waals surface area contributed by atoms with E-state index in [0.717, 1.165) is 12.8 Å². The van der Waals surface area contributed by atoms with Crippen molar-refractivity contribution in [1.82, 2.24) is 29.5 Å². The fraction of sp³-hybridized carbons (Fsp3) is 0.250. The highest BCUT2D eigenvalue weighted by Gasteiger charge is 2.21. The lowest BCUT2D eigenvalue weighted by Crippen LogP contribution is -2.25. The van der Waals surface area contributed by atoms with Gasteiger partial charge in [0.15, 0.2) is 5.65 Å². The van der Waals surface area contributed by atoms with E-state index in [2.05, 4.69) is 35.3 Å². The van der Waals surface area contributed by atoms with Crippen LogP contribution in [0.15, 0.2) is 40.2 Å². The van der Waals surface area contributed by atoms with E-state index in [-0.39, 0.29) is 17.6 Å². The number of aromatic nitrogens is 6. The topological polar surface area (TPSA) is 146 Å². The Labute approximate surface area is 185 Å². The molecule has 3 aromatic heterocycles. The second-order valence-electron chi connectivity index (χ2n) is 7.26. The molecule has 0 unspecified atom stereocenters. The van der Waals surface area contributed by atoms with Gasteiger partial charge in [0.05, 0.1) is 18.8 Å². The second kappa shape index (κ2) is 8.35. The molecule has 0 aliphatic heterocycles. The van der Waals surface area contributed by atoms with Crippen LogP contribution in [0.25, 0.3) is 11.7 Å². The lowest BCUT2D eigenvalue weighted by atomic mass is 10.3. The maximum atomic E-state index is 11.4. The zero-order valence-corrected chi connectivity index (χ0v) is 17.5. The molecule has 0 atom stereocenters. The Kier molecular flexibility index (Phi) is 5.23. The minimum absolute atomic E-state index is 0.232. The summed E-state index contributed by atoms with van der Waals surface area (Å²) in [6, 6.07) is 7.36. The first-order chi connectivity index (χ1) is 15.5. The average Bonchev–Trinajstić information content (AvgIpc) is 3.41. The first kappa shape index (κ1) is 20.1. The Bertz CT molecular complexity index is 1440. The molecule has 0 spiro atoms. The van der Waals surface area contributed by atoms with E-state index in [4.69, 9.17) is 16.3 Å². The first-order valence-electron chi connectivity index (χ1n) is 10.00. The number of ether oxygens (including phenoxy) is 1. The summed E-state index contributed by atoms with van der Waals surface area (Å²) in [4.78, 5) is 29.9. The van der Waals surface area contributed by atoms with E-state index in [1.54, 1.807) is 41.1 Å². The van der Waals surface area contributed by atoms with Crippen LogP contribution in [-0.2, 0) is 0 Å². The summed E-state index contributed by atoms with van der Waals surface area (Å²) in [6.07, 6.45) is 5.19. The zero-order valence-electron chi connectivity index (χ0n) is 16.7. The minimum Gasteiger partial charge on any atom is -0.493 e. The maximum Gasteiger partial charge on any atom is 0.326 e. The summed E-state index contributed by atoms with van der Waals surface area (Å²) < 4.78 is 7.23. The molecule has 0 bridgehead atoms. The van der Waals surface area contributed by atoms with Crippen LogP contribution >= 0.6 is 11.6 Å².